The highest BCUT2D eigenvalue weighted by molar-refractivity contribution is 7.90. The summed E-state index contributed by atoms with van der Waals surface area (Å²) in [6.07, 6.45) is -1.07. The Balaban J connectivity index is 1.77. The predicted molar refractivity (Wildman–Crippen MR) is 124 cm³/mol. The van der Waals surface area contributed by atoms with Crippen molar-refractivity contribution in [1.82, 2.24) is 9.29 Å². The van der Waals surface area contributed by atoms with Crippen LogP contribution >= 0.6 is 11.6 Å². The van der Waals surface area contributed by atoms with Crippen molar-refractivity contribution in [2.75, 3.05) is 5.32 Å². The number of carbonyl (C=O) groups is 2. The van der Waals surface area contributed by atoms with E-state index in [1.165, 1.54) is 24.3 Å². The predicted octanol–water partition coefficient (Wildman–Crippen LogP) is 4.61. The van der Waals surface area contributed by atoms with Crippen LogP contribution in [0.25, 0.3) is 10.9 Å². The van der Waals surface area contributed by atoms with Gasteiger partial charge in [0.05, 0.1) is 9.92 Å². The summed E-state index contributed by atoms with van der Waals surface area (Å²) in [5.74, 6) is -0.375. The van der Waals surface area contributed by atoms with Crippen molar-refractivity contribution in [3.05, 3.63) is 58.7 Å². The molecule has 0 aliphatic rings. The van der Waals surface area contributed by atoms with E-state index < -0.39 is 21.7 Å². The molecule has 0 unspecified atom stereocenters. The zero-order valence-electron chi connectivity index (χ0n) is 18.3. The summed E-state index contributed by atoms with van der Waals surface area (Å²) in [5.41, 5.74) is 1.68. The Bertz CT molecular complexity index is 1310. The molecule has 0 bridgehead atoms. The van der Waals surface area contributed by atoms with Crippen molar-refractivity contribution >= 4 is 50.2 Å². The van der Waals surface area contributed by atoms with Crippen molar-refractivity contribution in [3.8, 4) is 0 Å². The number of benzene rings is 2. The number of rotatable bonds is 4. The molecule has 0 saturated heterocycles. The Hall–Kier alpha value is -3.04. The van der Waals surface area contributed by atoms with Crippen molar-refractivity contribution in [1.29, 1.82) is 0 Å². The van der Waals surface area contributed by atoms with Gasteiger partial charge in [-0.1, -0.05) is 17.7 Å². The molecule has 0 saturated carbocycles. The summed E-state index contributed by atoms with van der Waals surface area (Å²) in [5, 5.41) is 4.09. The van der Waals surface area contributed by atoms with Crippen LogP contribution in [-0.2, 0) is 21.8 Å². The number of hydrogen-bond acceptors (Lipinski definition) is 5. The fraction of sp³-hybridized carbons (Fsp3) is 0.273. The molecule has 3 rings (SSSR count). The lowest BCUT2D eigenvalue weighted by Crippen LogP contribution is -2.36. The number of nitrogens with one attached hydrogen (secondary N) is 2. The van der Waals surface area contributed by atoms with Gasteiger partial charge in [0.15, 0.2) is 0 Å². The van der Waals surface area contributed by atoms with E-state index in [0.29, 0.717) is 16.4 Å². The number of carbonyl (C=O) groups excluding carboxylic acids is 2. The molecule has 2 amide bonds. The standard InChI is InChI=1S/C22H24ClN3O5S/c1-13-6-11-17-16(19(13)23)12-18(26(17)5)20(27)24-14-7-9-15(10-8-14)32(29,30)25-21(28)31-22(2,3)4/h6-12H,1-5H3,(H,24,27)(H,25,28). The van der Waals surface area contributed by atoms with Crippen LogP contribution < -0.4 is 10.0 Å². The lowest BCUT2D eigenvalue weighted by atomic mass is 10.2. The molecule has 170 valence electrons. The molecule has 32 heavy (non-hydrogen) atoms. The van der Waals surface area contributed by atoms with Crippen molar-refractivity contribution < 1.29 is 22.7 Å². The van der Waals surface area contributed by atoms with Crippen LogP contribution in [0.4, 0.5) is 10.5 Å². The van der Waals surface area contributed by atoms with Gasteiger partial charge in [-0.15, -0.1) is 0 Å². The van der Waals surface area contributed by atoms with Crippen LogP contribution in [0, 0.1) is 6.92 Å². The number of anilines is 1. The highest BCUT2D eigenvalue weighted by atomic mass is 35.5. The summed E-state index contributed by atoms with van der Waals surface area (Å²) < 4.78 is 33.3. The van der Waals surface area contributed by atoms with Gasteiger partial charge in [-0.05, 0) is 69.7 Å². The van der Waals surface area contributed by atoms with Gasteiger partial charge in [-0.3, -0.25) is 4.79 Å². The van der Waals surface area contributed by atoms with E-state index in [-0.39, 0.29) is 10.8 Å². The fourth-order valence-corrected chi connectivity index (χ4v) is 4.17. The summed E-state index contributed by atoms with van der Waals surface area (Å²) in [6.45, 7) is 6.77. The van der Waals surface area contributed by atoms with Crippen LogP contribution in [0.1, 0.15) is 36.8 Å². The minimum atomic E-state index is -4.12. The average Bonchev–Trinajstić information content (AvgIpc) is 3.00. The highest BCUT2D eigenvalue weighted by Gasteiger charge is 2.23. The Kier molecular flexibility index (Phi) is 6.26. The molecule has 1 aromatic heterocycles. The van der Waals surface area contributed by atoms with Gasteiger partial charge in [-0.2, -0.15) is 0 Å². The molecule has 0 radical (unpaired) electrons. The topological polar surface area (TPSA) is 106 Å². The SMILES string of the molecule is Cc1ccc2c(cc(C(=O)Nc3ccc(S(=O)(=O)NC(=O)OC(C)(C)C)cc3)n2C)c1Cl. The lowest BCUT2D eigenvalue weighted by molar-refractivity contribution is 0.0570. The van der Waals surface area contributed by atoms with Crippen LogP contribution in [-0.4, -0.2) is 30.6 Å². The maximum Gasteiger partial charge on any atom is 0.421 e. The molecule has 10 heteroatoms. The number of hydrogen-bond donors (Lipinski definition) is 2. The van der Waals surface area contributed by atoms with E-state index in [4.69, 9.17) is 16.3 Å². The van der Waals surface area contributed by atoms with E-state index >= 15 is 0 Å². The third kappa shape index (κ3) is 5.05. The summed E-state index contributed by atoms with van der Waals surface area (Å²) >= 11 is 6.37. The number of amides is 2. The second-order valence-corrected chi connectivity index (χ2v) is 10.4. The van der Waals surface area contributed by atoms with Crippen molar-refractivity contribution in [2.24, 2.45) is 7.05 Å². The lowest BCUT2D eigenvalue weighted by Gasteiger charge is -2.19. The minimum absolute atomic E-state index is 0.145. The Morgan fingerprint density at radius 1 is 1.06 bits per heavy atom. The van der Waals surface area contributed by atoms with E-state index in [0.717, 1.165) is 16.5 Å². The number of nitrogens with zero attached hydrogens (tertiary/aromatic N) is 1. The second kappa shape index (κ2) is 8.48. The monoisotopic (exact) mass is 477 g/mol. The van der Waals surface area contributed by atoms with Gasteiger partial charge >= 0.3 is 6.09 Å². The smallest absolute Gasteiger partial charge is 0.421 e. The molecule has 0 spiro atoms. The molecular formula is C22H24ClN3O5S. The number of halogens is 1. The number of fused-ring (bicyclic) bond motifs is 1. The first-order valence-corrected chi connectivity index (χ1v) is 11.6. The second-order valence-electron chi connectivity index (χ2n) is 8.30. The van der Waals surface area contributed by atoms with Crippen molar-refractivity contribution in [3.63, 3.8) is 0 Å². The maximum absolute atomic E-state index is 12.8. The van der Waals surface area contributed by atoms with Crippen LogP contribution in [0.5, 0.6) is 0 Å². The fourth-order valence-electron chi connectivity index (χ4n) is 3.08. The van der Waals surface area contributed by atoms with Crippen LogP contribution in [0.15, 0.2) is 47.4 Å². The zero-order chi connectivity index (χ0) is 23.8. The molecule has 3 aromatic rings. The van der Waals surface area contributed by atoms with Gasteiger partial charge in [0.1, 0.15) is 11.3 Å². The number of sulfonamides is 1. The molecule has 0 aliphatic heterocycles. The van der Waals surface area contributed by atoms with Gasteiger partial charge in [-0.25, -0.2) is 17.9 Å². The first-order chi connectivity index (χ1) is 14.8. The summed E-state index contributed by atoms with van der Waals surface area (Å²) in [4.78, 5) is 24.4. The first-order valence-electron chi connectivity index (χ1n) is 9.70. The summed E-state index contributed by atoms with van der Waals surface area (Å²) in [7, 11) is -2.35. The number of ether oxygens (including phenoxy) is 1. The summed E-state index contributed by atoms with van der Waals surface area (Å²) in [6, 6.07) is 10.9. The molecule has 1 heterocycles. The van der Waals surface area contributed by atoms with Crippen LogP contribution in [0.3, 0.4) is 0 Å². The van der Waals surface area contributed by atoms with E-state index in [1.54, 1.807) is 38.5 Å². The Morgan fingerprint density at radius 2 is 1.69 bits per heavy atom. The molecule has 0 fully saturated rings. The molecule has 8 nitrogen and oxygen atoms in total. The first kappa shape index (κ1) is 23.6. The van der Waals surface area contributed by atoms with Gasteiger partial charge in [0, 0.05) is 23.6 Å². The van der Waals surface area contributed by atoms with Gasteiger partial charge in [0.25, 0.3) is 15.9 Å². The third-order valence-electron chi connectivity index (χ3n) is 4.63. The zero-order valence-corrected chi connectivity index (χ0v) is 19.9. The molecule has 2 N–H and O–H groups in total. The Morgan fingerprint density at radius 3 is 2.28 bits per heavy atom. The third-order valence-corrected chi connectivity index (χ3v) is 6.46. The average molecular weight is 478 g/mol. The van der Waals surface area contributed by atoms with E-state index in [9.17, 15) is 18.0 Å². The number of aromatic nitrogens is 1. The van der Waals surface area contributed by atoms with Gasteiger partial charge in [0.2, 0.25) is 0 Å². The Labute approximate surface area is 191 Å². The molecule has 0 aliphatic carbocycles. The van der Waals surface area contributed by atoms with Gasteiger partial charge < -0.3 is 14.6 Å². The molecular weight excluding hydrogens is 454 g/mol. The highest BCUT2D eigenvalue weighted by Crippen LogP contribution is 2.29. The quantitative estimate of drug-likeness (QED) is 0.570. The normalized spacial score (nSPS) is 11.9. The molecule has 0 atom stereocenters. The number of aryl methyl sites for hydroxylation is 2. The largest absolute Gasteiger partial charge is 0.443 e. The molecule has 2 aromatic carbocycles. The van der Waals surface area contributed by atoms with E-state index in [2.05, 4.69) is 5.32 Å². The van der Waals surface area contributed by atoms with Crippen LogP contribution in [0.2, 0.25) is 5.02 Å². The maximum atomic E-state index is 12.8. The van der Waals surface area contributed by atoms with Crippen molar-refractivity contribution in [2.45, 2.75) is 38.2 Å². The minimum Gasteiger partial charge on any atom is -0.443 e. The van der Waals surface area contributed by atoms with E-state index in [1.807, 2.05) is 23.8 Å².